The van der Waals surface area contributed by atoms with Gasteiger partial charge in [0, 0.05) is 12.7 Å². The van der Waals surface area contributed by atoms with Gasteiger partial charge in [0.05, 0.1) is 0 Å². The number of hydrogen-bond donors (Lipinski definition) is 2. The van der Waals surface area contributed by atoms with Crippen LogP contribution in [-0.4, -0.2) is 16.5 Å². The van der Waals surface area contributed by atoms with E-state index in [1.807, 2.05) is 6.07 Å². The predicted molar refractivity (Wildman–Crippen MR) is 56.8 cm³/mol. The summed E-state index contributed by atoms with van der Waals surface area (Å²) in [7, 11) is 0. The molecule has 76 valence electrons. The molecule has 1 heterocycles. The largest absolute Gasteiger partial charge is 0.370 e. The molecular weight excluding hydrogens is 176 g/mol. The summed E-state index contributed by atoms with van der Waals surface area (Å²) in [6.07, 6.45) is 2.96. The van der Waals surface area contributed by atoms with E-state index >= 15 is 0 Å². The van der Waals surface area contributed by atoms with Crippen molar-refractivity contribution in [3.05, 3.63) is 12.3 Å². The number of aromatic nitrogens is 2. The van der Waals surface area contributed by atoms with E-state index in [0.29, 0.717) is 11.4 Å². The van der Waals surface area contributed by atoms with Crippen LogP contribution in [0.2, 0.25) is 0 Å². The highest BCUT2D eigenvalue weighted by Gasteiger charge is 2.44. The molecule has 1 aliphatic carbocycles. The number of nitrogens with one attached hydrogen (secondary N) is 1. The maximum absolute atomic E-state index is 5.47. The normalized spacial score (nSPS) is 23.1. The second-order valence-electron chi connectivity index (χ2n) is 4.57. The lowest BCUT2D eigenvalue weighted by Gasteiger charge is -2.06. The smallest absolute Gasteiger partial charge is 0.221 e. The Labute approximate surface area is 83.9 Å². The Kier molecular flexibility index (Phi) is 2.06. The zero-order valence-corrected chi connectivity index (χ0v) is 8.62. The summed E-state index contributed by atoms with van der Waals surface area (Å²) in [6, 6.07) is 1.84. The Morgan fingerprint density at radius 1 is 1.64 bits per heavy atom. The zero-order chi connectivity index (χ0) is 10.2. The highest BCUT2D eigenvalue weighted by atomic mass is 15.1. The Hall–Kier alpha value is -1.32. The molecule has 4 heteroatoms. The summed E-state index contributed by atoms with van der Waals surface area (Å²) < 4.78 is 0. The molecule has 3 N–H and O–H groups in total. The topological polar surface area (TPSA) is 63.8 Å². The molecule has 2 rings (SSSR count). The Balaban J connectivity index is 1.87. The molecule has 4 nitrogen and oxygen atoms in total. The molecule has 1 saturated carbocycles. The van der Waals surface area contributed by atoms with Crippen molar-refractivity contribution in [1.82, 2.24) is 9.97 Å². The van der Waals surface area contributed by atoms with E-state index in [0.717, 1.165) is 18.3 Å². The summed E-state index contributed by atoms with van der Waals surface area (Å²) >= 11 is 0. The van der Waals surface area contributed by atoms with E-state index in [-0.39, 0.29) is 0 Å². The fourth-order valence-electron chi connectivity index (χ4n) is 1.62. The summed E-state index contributed by atoms with van der Waals surface area (Å²) in [5.41, 5.74) is 5.98. The van der Waals surface area contributed by atoms with E-state index < -0.39 is 0 Å². The average molecular weight is 192 g/mol. The maximum Gasteiger partial charge on any atom is 0.221 e. The number of anilines is 2. The van der Waals surface area contributed by atoms with Crippen LogP contribution in [0.25, 0.3) is 0 Å². The van der Waals surface area contributed by atoms with Crippen molar-refractivity contribution >= 4 is 11.8 Å². The van der Waals surface area contributed by atoms with Gasteiger partial charge in [0.15, 0.2) is 0 Å². The molecule has 1 aromatic rings. The molecule has 1 unspecified atom stereocenters. The van der Waals surface area contributed by atoms with Gasteiger partial charge in [-0.2, -0.15) is 4.98 Å². The zero-order valence-electron chi connectivity index (χ0n) is 8.62. The highest BCUT2D eigenvalue weighted by Crippen LogP contribution is 2.51. The number of rotatable bonds is 3. The van der Waals surface area contributed by atoms with Crippen LogP contribution in [0.4, 0.5) is 11.8 Å². The first-order valence-corrected chi connectivity index (χ1v) is 4.90. The molecule has 0 bridgehead atoms. The van der Waals surface area contributed by atoms with Crippen LogP contribution in [0.15, 0.2) is 12.3 Å². The van der Waals surface area contributed by atoms with Gasteiger partial charge in [0.1, 0.15) is 5.82 Å². The van der Waals surface area contributed by atoms with Crippen molar-refractivity contribution in [1.29, 1.82) is 0 Å². The Bertz CT molecular complexity index is 335. The third kappa shape index (κ3) is 1.95. The van der Waals surface area contributed by atoms with Crippen molar-refractivity contribution in [2.24, 2.45) is 11.3 Å². The van der Waals surface area contributed by atoms with Crippen LogP contribution >= 0.6 is 0 Å². The lowest BCUT2D eigenvalue weighted by atomic mass is 10.1. The van der Waals surface area contributed by atoms with Gasteiger partial charge in [-0.05, 0) is 23.8 Å². The van der Waals surface area contributed by atoms with Crippen molar-refractivity contribution in [3.8, 4) is 0 Å². The van der Waals surface area contributed by atoms with Crippen LogP contribution < -0.4 is 11.1 Å². The highest BCUT2D eigenvalue weighted by molar-refractivity contribution is 5.37. The number of nitrogen functional groups attached to an aromatic ring is 1. The minimum absolute atomic E-state index is 0.324. The Morgan fingerprint density at radius 2 is 2.36 bits per heavy atom. The first-order chi connectivity index (χ1) is 6.58. The predicted octanol–water partition coefficient (Wildman–Crippen LogP) is 1.52. The van der Waals surface area contributed by atoms with Gasteiger partial charge in [0.25, 0.3) is 0 Å². The minimum Gasteiger partial charge on any atom is -0.370 e. The lowest BCUT2D eigenvalue weighted by molar-refractivity contribution is 0.573. The molecular formula is C10H16N4. The van der Waals surface area contributed by atoms with Crippen LogP contribution in [0.1, 0.15) is 20.3 Å². The molecule has 0 aliphatic heterocycles. The molecule has 1 atom stereocenters. The van der Waals surface area contributed by atoms with Crippen LogP contribution in [-0.2, 0) is 0 Å². The van der Waals surface area contributed by atoms with E-state index in [4.69, 9.17) is 5.73 Å². The monoisotopic (exact) mass is 192 g/mol. The number of nitrogens with zero attached hydrogens (tertiary/aromatic N) is 2. The molecule has 1 fully saturated rings. The summed E-state index contributed by atoms with van der Waals surface area (Å²) in [6.45, 7) is 5.55. The molecule has 1 aliphatic rings. The van der Waals surface area contributed by atoms with Gasteiger partial charge in [-0.25, -0.2) is 4.98 Å². The minimum atomic E-state index is 0.324. The van der Waals surface area contributed by atoms with Crippen LogP contribution in [0.3, 0.4) is 0 Å². The Morgan fingerprint density at radius 3 is 2.93 bits per heavy atom. The van der Waals surface area contributed by atoms with Crippen LogP contribution in [0.5, 0.6) is 0 Å². The van der Waals surface area contributed by atoms with E-state index in [1.165, 1.54) is 6.42 Å². The molecule has 0 radical (unpaired) electrons. The van der Waals surface area contributed by atoms with Crippen LogP contribution in [0, 0.1) is 11.3 Å². The number of hydrogen-bond acceptors (Lipinski definition) is 4. The SMILES string of the molecule is CC1(C)CC1CNc1ccnc(N)n1. The van der Waals surface area contributed by atoms with E-state index in [9.17, 15) is 0 Å². The van der Waals surface area contributed by atoms with E-state index in [1.54, 1.807) is 6.20 Å². The third-order valence-corrected chi connectivity index (χ3v) is 2.92. The van der Waals surface area contributed by atoms with Gasteiger partial charge in [-0.1, -0.05) is 13.8 Å². The standard InChI is InChI=1S/C10H16N4/c1-10(2)5-7(10)6-13-8-3-4-12-9(11)14-8/h3-4,7H,5-6H2,1-2H3,(H3,11,12,13,14). The maximum atomic E-state index is 5.47. The van der Waals surface area contributed by atoms with Gasteiger partial charge in [-0.15, -0.1) is 0 Å². The number of nitrogens with two attached hydrogens (primary N) is 1. The molecule has 0 amide bonds. The van der Waals surface area contributed by atoms with Gasteiger partial charge < -0.3 is 11.1 Å². The molecule has 1 aromatic heterocycles. The molecule has 0 saturated heterocycles. The third-order valence-electron chi connectivity index (χ3n) is 2.92. The summed E-state index contributed by atoms with van der Waals surface area (Å²) in [4.78, 5) is 7.91. The molecule has 14 heavy (non-hydrogen) atoms. The second kappa shape index (κ2) is 3.12. The fraction of sp³-hybridized carbons (Fsp3) is 0.600. The van der Waals surface area contributed by atoms with Crippen molar-refractivity contribution < 1.29 is 0 Å². The van der Waals surface area contributed by atoms with Crippen molar-refractivity contribution in [3.63, 3.8) is 0 Å². The first-order valence-electron chi connectivity index (χ1n) is 4.90. The van der Waals surface area contributed by atoms with Crippen molar-refractivity contribution in [2.45, 2.75) is 20.3 Å². The summed E-state index contributed by atoms with van der Waals surface area (Å²) in [5.74, 6) is 1.91. The lowest BCUT2D eigenvalue weighted by Crippen LogP contribution is -2.09. The fourth-order valence-corrected chi connectivity index (χ4v) is 1.62. The average Bonchev–Trinajstić information content (AvgIpc) is 2.71. The first kappa shape index (κ1) is 9.24. The van der Waals surface area contributed by atoms with Gasteiger partial charge in [0.2, 0.25) is 5.95 Å². The van der Waals surface area contributed by atoms with Gasteiger partial charge >= 0.3 is 0 Å². The molecule has 0 spiro atoms. The molecule has 0 aromatic carbocycles. The second-order valence-corrected chi connectivity index (χ2v) is 4.57. The van der Waals surface area contributed by atoms with E-state index in [2.05, 4.69) is 29.1 Å². The van der Waals surface area contributed by atoms with Gasteiger partial charge in [-0.3, -0.25) is 0 Å². The quantitative estimate of drug-likeness (QED) is 0.762. The van der Waals surface area contributed by atoms with Crippen molar-refractivity contribution in [2.75, 3.05) is 17.6 Å². The summed E-state index contributed by atoms with van der Waals surface area (Å²) in [5, 5.41) is 3.27.